The molecule has 0 saturated carbocycles. The number of aromatic amines is 1. The Bertz CT molecular complexity index is 955. The van der Waals surface area contributed by atoms with Crippen LogP contribution in [0.5, 0.6) is 0 Å². The molecule has 1 aliphatic carbocycles. The van der Waals surface area contributed by atoms with E-state index in [0.29, 0.717) is 6.54 Å². The lowest BCUT2D eigenvalue weighted by atomic mass is 10.2. The van der Waals surface area contributed by atoms with Crippen LogP contribution in [0.2, 0.25) is 0 Å². The van der Waals surface area contributed by atoms with E-state index in [4.69, 9.17) is 4.98 Å². The van der Waals surface area contributed by atoms with Crippen LogP contribution in [0.1, 0.15) is 40.9 Å². The second kappa shape index (κ2) is 5.57. The highest BCUT2D eigenvalue weighted by Crippen LogP contribution is 2.34. The highest BCUT2D eigenvalue weighted by molar-refractivity contribution is 7.18. The molecular weight excluding hydrogens is 306 g/mol. The number of nitrogens with one attached hydrogen (secondary N) is 1. The van der Waals surface area contributed by atoms with E-state index >= 15 is 0 Å². The molecule has 0 amide bonds. The molecule has 23 heavy (non-hydrogen) atoms. The summed E-state index contributed by atoms with van der Waals surface area (Å²) in [6.45, 7) is 4.83. The molecular formula is C18H20N3OS+. The maximum atomic E-state index is 12.5. The van der Waals surface area contributed by atoms with Gasteiger partial charge in [0, 0.05) is 23.4 Å². The molecule has 4 rings (SSSR count). The van der Waals surface area contributed by atoms with Crippen molar-refractivity contribution in [3.05, 3.63) is 56.2 Å². The monoisotopic (exact) mass is 326 g/mol. The van der Waals surface area contributed by atoms with Crippen LogP contribution in [0.4, 0.5) is 0 Å². The first-order chi connectivity index (χ1) is 11.2. The van der Waals surface area contributed by atoms with Crippen molar-refractivity contribution < 1.29 is 4.57 Å². The van der Waals surface area contributed by atoms with Crippen molar-refractivity contribution in [3.8, 4) is 0 Å². The lowest BCUT2D eigenvalue weighted by Gasteiger charge is -2.03. The Morgan fingerprint density at radius 3 is 3.04 bits per heavy atom. The van der Waals surface area contributed by atoms with Gasteiger partial charge in [-0.3, -0.25) is 4.79 Å². The number of thiophene rings is 1. The lowest BCUT2D eigenvalue weighted by Crippen LogP contribution is -2.39. The van der Waals surface area contributed by atoms with Crippen LogP contribution in [0.15, 0.2) is 23.1 Å². The minimum Gasteiger partial charge on any atom is -0.305 e. The van der Waals surface area contributed by atoms with E-state index in [1.807, 2.05) is 0 Å². The Morgan fingerprint density at radius 2 is 2.22 bits per heavy atom. The quantitative estimate of drug-likeness (QED) is 0.752. The summed E-state index contributed by atoms with van der Waals surface area (Å²) in [5.41, 5.74) is 3.71. The first-order valence-electron chi connectivity index (χ1n) is 8.18. The number of rotatable bonds is 3. The van der Waals surface area contributed by atoms with E-state index in [2.05, 4.69) is 41.7 Å². The predicted molar refractivity (Wildman–Crippen MR) is 92.1 cm³/mol. The molecule has 118 valence electrons. The highest BCUT2D eigenvalue weighted by Gasteiger charge is 2.22. The predicted octanol–water partition coefficient (Wildman–Crippen LogP) is 2.68. The van der Waals surface area contributed by atoms with Crippen molar-refractivity contribution in [1.82, 2.24) is 9.97 Å². The van der Waals surface area contributed by atoms with Crippen LogP contribution in [0.25, 0.3) is 10.2 Å². The summed E-state index contributed by atoms with van der Waals surface area (Å²) >= 11 is 1.70. The van der Waals surface area contributed by atoms with E-state index < -0.39 is 0 Å². The van der Waals surface area contributed by atoms with Gasteiger partial charge in [0.2, 0.25) is 6.54 Å². The molecule has 3 heterocycles. The third-order valence-electron chi connectivity index (χ3n) is 4.67. The van der Waals surface area contributed by atoms with Crippen molar-refractivity contribution in [1.29, 1.82) is 0 Å². The Balaban J connectivity index is 1.77. The van der Waals surface area contributed by atoms with E-state index in [1.165, 1.54) is 21.7 Å². The van der Waals surface area contributed by atoms with Crippen LogP contribution >= 0.6 is 11.3 Å². The van der Waals surface area contributed by atoms with Gasteiger partial charge in [0.25, 0.3) is 5.56 Å². The van der Waals surface area contributed by atoms with Gasteiger partial charge in [0.15, 0.2) is 17.7 Å². The Hall–Kier alpha value is -2.01. The van der Waals surface area contributed by atoms with Gasteiger partial charge in [-0.15, -0.1) is 11.3 Å². The highest BCUT2D eigenvalue weighted by atomic mass is 32.1. The summed E-state index contributed by atoms with van der Waals surface area (Å²) < 4.78 is 2.16. The van der Waals surface area contributed by atoms with Crippen LogP contribution in [-0.4, -0.2) is 9.97 Å². The summed E-state index contributed by atoms with van der Waals surface area (Å²) in [5.74, 6) is 0.740. The smallest absolute Gasteiger partial charge is 0.260 e. The second-order valence-electron chi connectivity index (χ2n) is 6.21. The zero-order valence-corrected chi connectivity index (χ0v) is 14.3. The maximum Gasteiger partial charge on any atom is 0.260 e. The van der Waals surface area contributed by atoms with Crippen LogP contribution in [0.3, 0.4) is 0 Å². The molecule has 0 spiro atoms. The van der Waals surface area contributed by atoms with Gasteiger partial charge in [0.05, 0.1) is 5.39 Å². The molecule has 0 atom stereocenters. The Kier molecular flexibility index (Phi) is 3.53. The minimum absolute atomic E-state index is 0.0225. The number of aryl methyl sites for hydroxylation is 4. The molecule has 0 aliphatic heterocycles. The number of hydrogen-bond donors (Lipinski definition) is 1. The first kappa shape index (κ1) is 14.6. The van der Waals surface area contributed by atoms with Crippen molar-refractivity contribution in [2.24, 2.45) is 0 Å². The number of hydrogen-bond acceptors (Lipinski definition) is 3. The molecule has 4 nitrogen and oxygen atoms in total. The fraction of sp³-hybridized carbons (Fsp3) is 0.389. The third-order valence-corrected chi connectivity index (χ3v) is 5.85. The molecule has 0 saturated heterocycles. The van der Waals surface area contributed by atoms with E-state index in [-0.39, 0.29) is 5.56 Å². The lowest BCUT2D eigenvalue weighted by molar-refractivity contribution is -0.695. The SMILES string of the molecule is CCc1ccc(C)[n+](Cc2nc3sc4c(c3c(=O)[nH]2)CCC4)c1. The summed E-state index contributed by atoms with van der Waals surface area (Å²) in [4.78, 5) is 22.5. The van der Waals surface area contributed by atoms with Gasteiger partial charge in [0.1, 0.15) is 4.83 Å². The van der Waals surface area contributed by atoms with Gasteiger partial charge in [-0.05, 0) is 37.3 Å². The Morgan fingerprint density at radius 1 is 1.35 bits per heavy atom. The molecule has 0 radical (unpaired) electrons. The fourth-order valence-electron chi connectivity index (χ4n) is 3.33. The number of aromatic nitrogens is 3. The topological polar surface area (TPSA) is 49.6 Å². The fourth-order valence-corrected chi connectivity index (χ4v) is 4.61. The van der Waals surface area contributed by atoms with Crippen LogP contribution in [-0.2, 0) is 25.8 Å². The van der Waals surface area contributed by atoms with E-state index in [0.717, 1.165) is 41.7 Å². The van der Waals surface area contributed by atoms with Crippen molar-refractivity contribution >= 4 is 21.6 Å². The molecule has 0 fully saturated rings. The summed E-state index contributed by atoms with van der Waals surface area (Å²) in [7, 11) is 0. The average molecular weight is 326 g/mol. The van der Waals surface area contributed by atoms with Gasteiger partial charge < -0.3 is 4.98 Å². The molecule has 5 heteroatoms. The third kappa shape index (κ3) is 2.49. The van der Waals surface area contributed by atoms with Gasteiger partial charge in [-0.2, -0.15) is 4.57 Å². The van der Waals surface area contributed by atoms with E-state index in [9.17, 15) is 4.79 Å². The van der Waals surface area contributed by atoms with Crippen LogP contribution in [0, 0.1) is 6.92 Å². The second-order valence-corrected chi connectivity index (χ2v) is 7.29. The first-order valence-corrected chi connectivity index (χ1v) is 8.99. The summed E-state index contributed by atoms with van der Waals surface area (Å²) in [6.07, 6.45) is 6.43. The summed E-state index contributed by atoms with van der Waals surface area (Å²) in [5, 5.41) is 0.829. The van der Waals surface area contributed by atoms with Crippen molar-refractivity contribution in [2.45, 2.75) is 46.1 Å². The normalized spacial score (nSPS) is 13.7. The van der Waals surface area contributed by atoms with Gasteiger partial charge in [-0.25, -0.2) is 4.98 Å². The minimum atomic E-state index is 0.0225. The molecule has 0 bridgehead atoms. The molecule has 0 unspecified atom stereocenters. The zero-order valence-electron chi connectivity index (χ0n) is 13.5. The summed E-state index contributed by atoms with van der Waals surface area (Å²) in [6, 6.07) is 4.27. The van der Waals surface area contributed by atoms with Gasteiger partial charge in [-0.1, -0.05) is 6.92 Å². The zero-order chi connectivity index (χ0) is 16.0. The van der Waals surface area contributed by atoms with Crippen molar-refractivity contribution in [3.63, 3.8) is 0 Å². The van der Waals surface area contributed by atoms with E-state index in [1.54, 1.807) is 11.3 Å². The number of nitrogens with zero attached hydrogens (tertiary/aromatic N) is 2. The number of fused-ring (bicyclic) bond motifs is 3. The number of pyridine rings is 1. The maximum absolute atomic E-state index is 12.5. The van der Waals surface area contributed by atoms with Crippen molar-refractivity contribution in [2.75, 3.05) is 0 Å². The molecule has 3 aromatic heterocycles. The Labute approximate surface area is 138 Å². The molecule has 1 N–H and O–H groups in total. The largest absolute Gasteiger partial charge is 0.305 e. The number of H-pyrrole nitrogens is 1. The molecule has 1 aliphatic rings. The molecule has 0 aromatic carbocycles. The van der Waals surface area contributed by atoms with Crippen LogP contribution < -0.4 is 10.1 Å². The standard InChI is InChI=1S/C18H19N3OS/c1-3-12-8-7-11(2)21(9-12)10-15-19-17(22)16-13-5-4-6-14(13)23-18(16)20-15/h7-9H,3-6,10H2,1-2H3/p+1. The van der Waals surface area contributed by atoms with Gasteiger partial charge >= 0.3 is 0 Å². The molecule has 3 aromatic rings. The average Bonchev–Trinajstić information content (AvgIpc) is 3.09.